The van der Waals surface area contributed by atoms with Gasteiger partial charge in [0.05, 0.1) is 25.3 Å². The van der Waals surface area contributed by atoms with E-state index >= 15 is 0 Å². The zero-order chi connectivity index (χ0) is 19.3. The Labute approximate surface area is 168 Å². The van der Waals surface area contributed by atoms with Crippen LogP contribution >= 0.6 is 0 Å². The maximum atomic E-state index is 6.02. The summed E-state index contributed by atoms with van der Waals surface area (Å²) in [5.74, 6) is 0.256. The molecule has 5 nitrogen and oxygen atoms in total. The molecule has 0 bridgehead atoms. The molecular weight excluding hydrogens is 350 g/mol. The van der Waals surface area contributed by atoms with Gasteiger partial charge < -0.3 is 9.47 Å². The van der Waals surface area contributed by atoms with Gasteiger partial charge in [-0.2, -0.15) is 0 Å². The molecule has 5 heteroatoms. The molecule has 0 aromatic heterocycles. The molecule has 1 aliphatic carbocycles. The summed E-state index contributed by atoms with van der Waals surface area (Å²) in [6.45, 7) is 5.54. The lowest BCUT2D eigenvalue weighted by molar-refractivity contribution is -0.0275. The third-order valence-corrected chi connectivity index (χ3v) is 6.08. The second-order valence-corrected chi connectivity index (χ2v) is 8.13. The Kier molecular flexibility index (Phi) is 6.35. The van der Waals surface area contributed by atoms with Crippen LogP contribution in [0.1, 0.15) is 32.6 Å². The van der Waals surface area contributed by atoms with Crippen LogP contribution in [0.2, 0.25) is 0 Å². The van der Waals surface area contributed by atoms with Gasteiger partial charge >= 0.3 is 0 Å². The average molecular weight is 382 g/mol. The lowest BCUT2D eigenvalue weighted by atomic mass is 9.89. The fourth-order valence-corrected chi connectivity index (χ4v) is 4.43. The summed E-state index contributed by atoms with van der Waals surface area (Å²) in [5, 5.41) is 0. The molecule has 0 aromatic carbocycles. The first-order valence-corrected chi connectivity index (χ1v) is 10.4. The number of allylic oxidation sites excluding steroid dienone is 5. The number of ether oxygens (including phenoxy) is 2. The van der Waals surface area contributed by atoms with Gasteiger partial charge in [0.2, 0.25) is 0 Å². The summed E-state index contributed by atoms with van der Waals surface area (Å²) < 4.78 is 11.5. The van der Waals surface area contributed by atoms with Crippen molar-refractivity contribution >= 4 is 12.4 Å². The molecule has 3 heterocycles. The quantitative estimate of drug-likeness (QED) is 0.746. The highest BCUT2D eigenvalue weighted by Crippen LogP contribution is 2.30. The van der Waals surface area contributed by atoms with Crippen LogP contribution in [0.3, 0.4) is 0 Å². The van der Waals surface area contributed by atoms with Gasteiger partial charge in [-0.15, -0.1) is 0 Å². The van der Waals surface area contributed by atoms with Crippen LogP contribution in [0.5, 0.6) is 0 Å². The molecule has 4 rings (SSSR count). The van der Waals surface area contributed by atoms with Crippen molar-refractivity contribution in [3.8, 4) is 0 Å². The third kappa shape index (κ3) is 4.59. The maximum Gasteiger partial charge on any atom is 0.156 e. The highest BCUT2D eigenvalue weighted by atomic mass is 16.5. The highest BCUT2D eigenvalue weighted by Gasteiger charge is 2.29. The van der Waals surface area contributed by atoms with Crippen LogP contribution in [0.4, 0.5) is 0 Å². The van der Waals surface area contributed by atoms with Crippen molar-refractivity contribution < 1.29 is 9.47 Å². The number of nitrogens with zero attached hydrogens (tertiary/aromatic N) is 3. The van der Waals surface area contributed by atoms with Crippen LogP contribution < -0.4 is 0 Å². The largest absolute Gasteiger partial charge is 0.365 e. The average Bonchev–Trinajstić information content (AvgIpc) is 2.71. The Morgan fingerprint density at radius 3 is 2.75 bits per heavy atom. The van der Waals surface area contributed by atoms with Crippen molar-refractivity contribution in [1.82, 2.24) is 4.90 Å². The summed E-state index contributed by atoms with van der Waals surface area (Å²) in [6.07, 6.45) is 17.1. The zero-order valence-electron chi connectivity index (χ0n) is 17.0. The first-order chi connectivity index (χ1) is 13.7. The topological polar surface area (TPSA) is 46.4 Å². The van der Waals surface area contributed by atoms with Gasteiger partial charge in [-0.05, 0) is 55.9 Å². The molecule has 0 N–H and O–H groups in total. The van der Waals surface area contributed by atoms with Gasteiger partial charge in [-0.25, -0.2) is 0 Å². The smallest absolute Gasteiger partial charge is 0.156 e. The fourth-order valence-electron chi connectivity index (χ4n) is 4.43. The van der Waals surface area contributed by atoms with E-state index in [-0.39, 0.29) is 12.1 Å². The monoisotopic (exact) mass is 381 g/mol. The number of fused-ring (bicyclic) bond motifs is 1. The van der Waals surface area contributed by atoms with E-state index in [9.17, 15) is 0 Å². The minimum Gasteiger partial charge on any atom is -0.365 e. The molecule has 3 aliphatic heterocycles. The molecule has 150 valence electrons. The summed E-state index contributed by atoms with van der Waals surface area (Å²) in [7, 11) is 1.73. The van der Waals surface area contributed by atoms with Crippen molar-refractivity contribution in [3.05, 3.63) is 46.6 Å². The highest BCUT2D eigenvalue weighted by molar-refractivity contribution is 5.75. The first kappa shape index (κ1) is 19.5. The molecule has 0 aromatic rings. The van der Waals surface area contributed by atoms with Gasteiger partial charge in [0.1, 0.15) is 0 Å². The van der Waals surface area contributed by atoms with E-state index in [2.05, 4.69) is 46.1 Å². The number of aliphatic imine (C=N–C) groups is 2. The number of dihydropyridines is 2. The van der Waals surface area contributed by atoms with E-state index in [1.54, 1.807) is 7.11 Å². The normalized spacial score (nSPS) is 31.1. The van der Waals surface area contributed by atoms with Crippen molar-refractivity contribution in [1.29, 1.82) is 0 Å². The van der Waals surface area contributed by atoms with Crippen LogP contribution in [-0.4, -0.2) is 63.1 Å². The van der Waals surface area contributed by atoms with E-state index in [0.717, 1.165) is 38.8 Å². The lowest BCUT2D eigenvalue weighted by Crippen LogP contribution is -2.38. The Balaban J connectivity index is 1.35. The van der Waals surface area contributed by atoms with E-state index < -0.39 is 0 Å². The van der Waals surface area contributed by atoms with Crippen molar-refractivity contribution in [3.63, 3.8) is 0 Å². The number of rotatable bonds is 4. The summed E-state index contributed by atoms with van der Waals surface area (Å²) in [5.41, 5.74) is 5.82. The molecule has 0 spiro atoms. The standard InChI is InChI=1S/C23H31N3O2/c1-17-13-21(8-10-24-17)19-5-3-18(4-6-19)14-26-12-9-20-7-11-25-23(27-2)22(20)15-28-16-26/h3,5,7-8,10-11,17,22-23H,4,6,9,12-16H2,1-2H3. The molecule has 0 saturated carbocycles. The first-order valence-electron chi connectivity index (χ1n) is 10.4. The van der Waals surface area contributed by atoms with Crippen LogP contribution in [0, 0.1) is 5.92 Å². The Morgan fingerprint density at radius 1 is 1.07 bits per heavy atom. The molecule has 1 saturated heterocycles. The summed E-state index contributed by atoms with van der Waals surface area (Å²) in [6, 6.07) is 0.408. The number of methoxy groups -OCH3 is 1. The summed E-state index contributed by atoms with van der Waals surface area (Å²) in [4.78, 5) is 11.3. The predicted octanol–water partition coefficient (Wildman–Crippen LogP) is 3.70. The summed E-state index contributed by atoms with van der Waals surface area (Å²) >= 11 is 0. The van der Waals surface area contributed by atoms with Gasteiger partial charge in [-0.1, -0.05) is 23.3 Å². The molecule has 0 amide bonds. The number of hydrogen-bond acceptors (Lipinski definition) is 5. The van der Waals surface area contributed by atoms with Gasteiger partial charge in [-0.3, -0.25) is 14.9 Å². The van der Waals surface area contributed by atoms with Gasteiger partial charge in [0, 0.05) is 32.6 Å². The Morgan fingerprint density at radius 2 is 1.96 bits per heavy atom. The minimum absolute atomic E-state index is 0.0991. The molecule has 1 fully saturated rings. The minimum atomic E-state index is -0.0991. The molecule has 0 radical (unpaired) electrons. The lowest BCUT2D eigenvalue weighted by Gasteiger charge is -2.34. The van der Waals surface area contributed by atoms with Crippen molar-refractivity contribution in [2.75, 3.05) is 33.5 Å². The zero-order valence-corrected chi connectivity index (χ0v) is 17.0. The second kappa shape index (κ2) is 9.12. The van der Waals surface area contributed by atoms with Gasteiger partial charge in [0.25, 0.3) is 0 Å². The SMILES string of the molecule is COC1N=CC=C2CCN(CC3=CC=C(C4=CC=NC(C)C4)CC3)COCC21. The Hall–Kier alpha value is -1.82. The van der Waals surface area contributed by atoms with Crippen LogP contribution in [0.15, 0.2) is 56.6 Å². The second-order valence-electron chi connectivity index (χ2n) is 8.13. The molecule has 3 atom stereocenters. The Bertz CT molecular complexity index is 760. The molecular formula is C23H31N3O2. The van der Waals surface area contributed by atoms with Crippen LogP contribution in [-0.2, 0) is 9.47 Å². The third-order valence-electron chi connectivity index (χ3n) is 6.08. The van der Waals surface area contributed by atoms with E-state index in [0.29, 0.717) is 19.4 Å². The van der Waals surface area contributed by atoms with E-state index in [4.69, 9.17) is 9.47 Å². The van der Waals surface area contributed by atoms with Gasteiger partial charge in [0.15, 0.2) is 6.23 Å². The van der Waals surface area contributed by atoms with Crippen molar-refractivity contribution in [2.45, 2.75) is 44.9 Å². The van der Waals surface area contributed by atoms with Crippen LogP contribution in [0.25, 0.3) is 0 Å². The molecule has 4 aliphatic rings. The number of hydrogen-bond donors (Lipinski definition) is 0. The molecule has 28 heavy (non-hydrogen) atoms. The van der Waals surface area contributed by atoms with E-state index in [1.165, 1.54) is 22.3 Å². The predicted molar refractivity (Wildman–Crippen MR) is 114 cm³/mol. The maximum absolute atomic E-state index is 6.02. The van der Waals surface area contributed by atoms with Crippen molar-refractivity contribution in [2.24, 2.45) is 15.9 Å². The fraction of sp³-hybridized carbons (Fsp3) is 0.565. The molecule has 3 unspecified atom stereocenters. The van der Waals surface area contributed by atoms with E-state index in [1.807, 2.05) is 12.4 Å².